The molecule has 0 bridgehead atoms. The predicted molar refractivity (Wildman–Crippen MR) is 102 cm³/mol. The van der Waals surface area contributed by atoms with Gasteiger partial charge in [-0.1, -0.05) is 23.7 Å². The number of fused-ring (bicyclic) bond motifs is 1. The highest BCUT2D eigenvalue weighted by atomic mass is 35.5. The van der Waals surface area contributed by atoms with E-state index in [1.807, 2.05) is 13.8 Å². The first kappa shape index (κ1) is 17.5. The fourth-order valence-electron chi connectivity index (χ4n) is 3.32. The molecule has 27 heavy (non-hydrogen) atoms. The van der Waals surface area contributed by atoms with E-state index in [0.29, 0.717) is 33.7 Å². The molecule has 1 N–H and O–H groups in total. The number of benzene rings is 1. The van der Waals surface area contributed by atoms with Gasteiger partial charge in [0.15, 0.2) is 5.82 Å². The first-order chi connectivity index (χ1) is 13.0. The Hall–Kier alpha value is -2.93. The average molecular weight is 384 g/mol. The molecule has 4 rings (SSSR count). The van der Waals surface area contributed by atoms with Crippen LogP contribution in [0, 0.1) is 13.8 Å². The lowest BCUT2D eigenvalue weighted by Crippen LogP contribution is -2.14. The highest BCUT2D eigenvalue weighted by Crippen LogP contribution is 2.35. The van der Waals surface area contributed by atoms with Gasteiger partial charge in [-0.05, 0) is 44.5 Å². The molecule has 0 radical (unpaired) electrons. The molecule has 1 aromatic heterocycles. The van der Waals surface area contributed by atoms with E-state index >= 15 is 0 Å². The van der Waals surface area contributed by atoms with Crippen LogP contribution in [0.5, 0.6) is 0 Å². The molecule has 0 spiro atoms. The number of rotatable bonds is 4. The minimum atomic E-state index is -0.193. The smallest absolute Gasteiger partial charge is 0.282 e. The molecule has 0 fully saturated rings. The molecule has 7 nitrogen and oxygen atoms in total. The molecule has 1 aromatic carbocycles. The van der Waals surface area contributed by atoms with Gasteiger partial charge < -0.3 is 9.51 Å². The number of hydrogen-bond acceptors (Lipinski definition) is 5. The summed E-state index contributed by atoms with van der Waals surface area (Å²) in [4.78, 5) is 20.5. The SMILES string of the molecule is CCC(c1nc(C)no1)c1c2nn(-c3ccc(Cl)cc3)c(=O)c-2c[nH]c1C. The second-order valence-electron chi connectivity index (χ2n) is 6.42. The van der Waals surface area contributed by atoms with E-state index in [0.717, 1.165) is 17.7 Å². The van der Waals surface area contributed by atoms with Crippen LogP contribution in [0.4, 0.5) is 0 Å². The van der Waals surface area contributed by atoms with Crippen LogP contribution in [0.2, 0.25) is 5.02 Å². The number of H-pyrrole nitrogens is 1. The zero-order valence-electron chi connectivity index (χ0n) is 15.2. The van der Waals surface area contributed by atoms with Crippen molar-refractivity contribution in [1.82, 2.24) is 24.9 Å². The van der Waals surface area contributed by atoms with E-state index in [4.69, 9.17) is 16.1 Å². The Labute approximate surface area is 160 Å². The Morgan fingerprint density at radius 1 is 1.26 bits per heavy atom. The molecule has 0 saturated heterocycles. The molecule has 1 unspecified atom stereocenters. The van der Waals surface area contributed by atoms with E-state index in [2.05, 4.69) is 20.2 Å². The van der Waals surface area contributed by atoms with Gasteiger partial charge in [-0.3, -0.25) is 4.79 Å². The molecule has 3 heterocycles. The van der Waals surface area contributed by atoms with Crippen LogP contribution in [0.3, 0.4) is 0 Å². The number of aromatic nitrogens is 5. The number of nitrogens with one attached hydrogen (secondary N) is 1. The third-order valence-electron chi connectivity index (χ3n) is 4.64. The third kappa shape index (κ3) is 2.94. The minimum Gasteiger partial charge on any atom is -0.364 e. The normalized spacial score (nSPS) is 12.6. The Bertz CT molecular complexity index is 1130. The second kappa shape index (κ2) is 6.66. The minimum absolute atomic E-state index is 0.154. The standard InChI is InChI=1S/C19H18ClN5O2/c1-4-14(18-22-11(3)24-27-18)16-10(2)21-9-15-17(16)23-25(19(15)26)13-7-5-12(20)6-8-13/h5-9,14,21H,4H2,1-3H3. The van der Waals surface area contributed by atoms with Crippen LogP contribution < -0.4 is 5.56 Å². The van der Waals surface area contributed by atoms with E-state index in [1.165, 1.54) is 4.68 Å². The molecular formula is C19H18ClN5O2. The van der Waals surface area contributed by atoms with Gasteiger partial charge in [-0.15, -0.1) is 0 Å². The molecule has 2 aliphatic rings. The van der Waals surface area contributed by atoms with Gasteiger partial charge in [0.25, 0.3) is 5.56 Å². The largest absolute Gasteiger partial charge is 0.364 e. The number of halogens is 1. The fraction of sp³-hybridized carbons (Fsp3) is 0.263. The summed E-state index contributed by atoms with van der Waals surface area (Å²) in [5, 5.41) is 9.13. The van der Waals surface area contributed by atoms with E-state index in [-0.39, 0.29) is 11.5 Å². The monoisotopic (exact) mass is 383 g/mol. The molecule has 0 saturated carbocycles. The molecule has 0 aliphatic carbocycles. The summed E-state index contributed by atoms with van der Waals surface area (Å²) in [6.45, 7) is 5.77. The number of pyridine rings is 1. The molecule has 138 valence electrons. The molecule has 0 amide bonds. The summed E-state index contributed by atoms with van der Waals surface area (Å²) in [5.41, 5.74) is 3.41. The molecular weight excluding hydrogens is 366 g/mol. The predicted octanol–water partition coefficient (Wildman–Crippen LogP) is 3.86. The van der Waals surface area contributed by atoms with Crippen LogP contribution in [-0.2, 0) is 0 Å². The third-order valence-corrected chi connectivity index (χ3v) is 4.89. The summed E-state index contributed by atoms with van der Waals surface area (Å²) >= 11 is 5.96. The maximum Gasteiger partial charge on any atom is 0.282 e. The van der Waals surface area contributed by atoms with Gasteiger partial charge in [0.1, 0.15) is 5.69 Å². The highest BCUT2D eigenvalue weighted by molar-refractivity contribution is 6.30. The van der Waals surface area contributed by atoms with Crippen molar-refractivity contribution < 1.29 is 4.52 Å². The van der Waals surface area contributed by atoms with Gasteiger partial charge in [-0.25, -0.2) is 0 Å². The topological polar surface area (TPSA) is 89.6 Å². The van der Waals surface area contributed by atoms with Crippen molar-refractivity contribution in [3.8, 4) is 16.9 Å². The van der Waals surface area contributed by atoms with Crippen LogP contribution in [0.1, 0.15) is 42.2 Å². The second-order valence-corrected chi connectivity index (χ2v) is 6.86. The van der Waals surface area contributed by atoms with Gasteiger partial charge in [-0.2, -0.15) is 14.8 Å². The quantitative estimate of drug-likeness (QED) is 0.578. The summed E-state index contributed by atoms with van der Waals surface area (Å²) in [6.07, 6.45) is 2.43. The van der Waals surface area contributed by atoms with Crippen molar-refractivity contribution in [1.29, 1.82) is 0 Å². The summed E-state index contributed by atoms with van der Waals surface area (Å²) < 4.78 is 6.80. The first-order valence-electron chi connectivity index (χ1n) is 8.66. The van der Waals surface area contributed by atoms with Crippen LogP contribution >= 0.6 is 11.6 Å². The van der Waals surface area contributed by atoms with Gasteiger partial charge in [0.2, 0.25) is 5.89 Å². The van der Waals surface area contributed by atoms with Crippen molar-refractivity contribution in [2.75, 3.05) is 0 Å². The summed E-state index contributed by atoms with van der Waals surface area (Å²) in [7, 11) is 0. The van der Waals surface area contributed by atoms with Crippen molar-refractivity contribution in [2.24, 2.45) is 0 Å². The average Bonchev–Trinajstić information content (AvgIpc) is 3.22. The Morgan fingerprint density at radius 2 is 2.00 bits per heavy atom. The maximum absolute atomic E-state index is 12.9. The van der Waals surface area contributed by atoms with Crippen molar-refractivity contribution in [2.45, 2.75) is 33.1 Å². The van der Waals surface area contributed by atoms with E-state index in [1.54, 1.807) is 37.4 Å². The zero-order chi connectivity index (χ0) is 19.1. The Balaban J connectivity index is 1.93. The van der Waals surface area contributed by atoms with Gasteiger partial charge in [0, 0.05) is 22.5 Å². The highest BCUT2D eigenvalue weighted by Gasteiger charge is 2.29. The lowest BCUT2D eigenvalue weighted by atomic mass is 9.91. The van der Waals surface area contributed by atoms with Crippen molar-refractivity contribution in [3.63, 3.8) is 0 Å². The van der Waals surface area contributed by atoms with Gasteiger partial charge >= 0.3 is 0 Å². The lowest BCUT2D eigenvalue weighted by Gasteiger charge is -2.16. The Kier molecular flexibility index (Phi) is 4.31. The molecule has 8 heteroatoms. The van der Waals surface area contributed by atoms with Gasteiger partial charge in [0.05, 0.1) is 17.2 Å². The number of nitrogens with zero attached hydrogens (tertiary/aromatic N) is 4. The van der Waals surface area contributed by atoms with Crippen LogP contribution in [0.15, 0.2) is 39.8 Å². The van der Waals surface area contributed by atoms with Crippen molar-refractivity contribution >= 4 is 11.6 Å². The summed E-state index contributed by atoms with van der Waals surface area (Å²) in [5.74, 6) is 0.945. The molecule has 1 atom stereocenters. The van der Waals surface area contributed by atoms with Crippen molar-refractivity contribution in [3.05, 3.63) is 68.8 Å². The zero-order valence-corrected chi connectivity index (χ0v) is 15.9. The Morgan fingerprint density at radius 3 is 2.63 bits per heavy atom. The van der Waals surface area contributed by atoms with E-state index in [9.17, 15) is 4.79 Å². The summed E-state index contributed by atoms with van der Waals surface area (Å²) in [6, 6.07) is 7.00. The first-order valence-corrected chi connectivity index (χ1v) is 9.04. The molecule has 2 aromatic rings. The maximum atomic E-state index is 12.9. The number of hydrogen-bond donors (Lipinski definition) is 1. The van der Waals surface area contributed by atoms with Crippen LogP contribution in [-0.4, -0.2) is 24.9 Å². The molecule has 2 aliphatic heterocycles. The lowest BCUT2D eigenvalue weighted by molar-refractivity contribution is 0.359. The fourth-order valence-corrected chi connectivity index (χ4v) is 3.45. The number of aromatic amines is 1. The number of aryl methyl sites for hydroxylation is 2. The van der Waals surface area contributed by atoms with Crippen LogP contribution in [0.25, 0.3) is 16.9 Å². The van der Waals surface area contributed by atoms with E-state index < -0.39 is 0 Å².